The number of ether oxygens (including phenoxy) is 2. The molecule has 210 valence electrons. The number of benzene rings is 3. The van der Waals surface area contributed by atoms with Gasteiger partial charge in [-0.1, -0.05) is 126 Å². The van der Waals surface area contributed by atoms with Crippen LogP contribution in [0.15, 0.2) is 48.5 Å². The Morgan fingerprint density at radius 3 is 0.921 bits per heavy atom. The van der Waals surface area contributed by atoms with E-state index in [2.05, 4.69) is 48.5 Å². The minimum absolute atomic E-state index is 0.321. The van der Waals surface area contributed by atoms with Gasteiger partial charge in [-0.15, -0.1) is 0 Å². The maximum absolute atomic E-state index is 8.88. The van der Waals surface area contributed by atoms with Gasteiger partial charge in [-0.05, 0) is 25.7 Å². The molecular weight excluding hydrogens is 472 g/mol. The van der Waals surface area contributed by atoms with Crippen LogP contribution in [0.25, 0.3) is 21.5 Å². The third-order valence-corrected chi connectivity index (χ3v) is 7.43. The second-order valence-corrected chi connectivity index (χ2v) is 10.6. The third kappa shape index (κ3) is 10.1. The first kappa shape index (κ1) is 30.2. The van der Waals surface area contributed by atoms with E-state index in [1.165, 1.54) is 64.2 Å². The molecule has 0 heterocycles. The lowest BCUT2D eigenvalue weighted by Gasteiger charge is -2.18. The molecule has 0 atom stereocenters. The lowest BCUT2D eigenvalue weighted by Crippen LogP contribution is -2.02. The van der Waals surface area contributed by atoms with Crippen LogP contribution in [0.2, 0.25) is 0 Å². The Kier molecular flexibility index (Phi) is 15.0. The van der Waals surface area contributed by atoms with Crippen molar-refractivity contribution in [3.63, 3.8) is 0 Å². The van der Waals surface area contributed by atoms with Gasteiger partial charge in [0.15, 0.2) is 0 Å². The fourth-order valence-electron chi connectivity index (χ4n) is 5.26. The van der Waals surface area contributed by atoms with E-state index in [9.17, 15) is 0 Å². The summed E-state index contributed by atoms with van der Waals surface area (Å²) in [7, 11) is 0. The lowest BCUT2D eigenvalue weighted by molar-refractivity contribution is 0.281. The summed E-state index contributed by atoms with van der Waals surface area (Å²) in [6.07, 6.45) is 18.7. The predicted molar refractivity (Wildman–Crippen MR) is 160 cm³/mol. The number of aliphatic hydroxyl groups is 2. The maximum Gasteiger partial charge on any atom is 0.135 e. The molecule has 3 aromatic carbocycles. The molecule has 3 aromatic rings. The normalized spacial score (nSPS) is 11.4. The largest absolute Gasteiger partial charge is 0.492 e. The van der Waals surface area contributed by atoms with Crippen LogP contribution in [0.3, 0.4) is 0 Å². The second kappa shape index (κ2) is 18.9. The van der Waals surface area contributed by atoms with E-state index < -0.39 is 0 Å². The van der Waals surface area contributed by atoms with Crippen LogP contribution in [-0.4, -0.2) is 36.6 Å². The van der Waals surface area contributed by atoms with Crippen molar-refractivity contribution in [1.82, 2.24) is 0 Å². The van der Waals surface area contributed by atoms with Gasteiger partial charge in [-0.3, -0.25) is 0 Å². The average molecular weight is 523 g/mol. The first-order valence-corrected chi connectivity index (χ1v) is 15.3. The van der Waals surface area contributed by atoms with Gasteiger partial charge < -0.3 is 19.7 Å². The van der Waals surface area contributed by atoms with E-state index in [1.54, 1.807) is 0 Å². The smallest absolute Gasteiger partial charge is 0.135 e. The molecule has 0 amide bonds. The Labute approximate surface area is 230 Å². The second-order valence-electron chi connectivity index (χ2n) is 10.6. The highest BCUT2D eigenvalue weighted by Gasteiger charge is 2.15. The van der Waals surface area contributed by atoms with Crippen molar-refractivity contribution in [2.24, 2.45) is 0 Å². The predicted octanol–water partition coefficient (Wildman–Crippen LogP) is 8.98. The lowest BCUT2D eigenvalue weighted by atomic mass is 10.0. The summed E-state index contributed by atoms with van der Waals surface area (Å²) in [6, 6.07) is 17.0. The van der Waals surface area contributed by atoms with Crippen molar-refractivity contribution >= 4 is 21.5 Å². The zero-order valence-corrected chi connectivity index (χ0v) is 23.5. The van der Waals surface area contributed by atoms with Crippen LogP contribution in [-0.2, 0) is 0 Å². The Hall–Kier alpha value is -2.30. The summed E-state index contributed by atoms with van der Waals surface area (Å²) in [5.41, 5.74) is 0. The van der Waals surface area contributed by atoms with Crippen molar-refractivity contribution in [3.05, 3.63) is 48.5 Å². The van der Waals surface area contributed by atoms with Crippen LogP contribution >= 0.6 is 0 Å². The molecule has 0 aliphatic rings. The average Bonchev–Trinajstić information content (AvgIpc) is 2.95. The highest BCUT2D eigenvalue weighted by molar-refractivity contribution is 6.11. The number of hydrogen-bond donors (Lipinski definition) is 2. The minimum atomic E-state index is 0.321. The monoisotopic (exact) mass is 522 g/mol. The number of rotatable bonds is 22. The van der Waals surface area contributed by atoms with Crippen LogP contribution in [0.4, 0.5) is 0 Å². The molecule has 0 aliphatic heterocycles. The van der Waals surface area contributed by atoms with Crippen molar-refractivity contribution < 1.29 is 19.7 Å². The minimum Gasteiger partial charge on any atom is -0.492 e. The standard InChI is InChI=1S/C34H50O4/c35-25-17-9-5-1-3-7-11-19-27-37-33-29-21-13-15-23-31(29)34(32-24-16-14-22-30(32)33)38-28-20-12-8-4-2-6-10-18-26-36/h13-16,21-24,35-36H,1-12,17-20,25-28H2. The van der Waals surface area contributed by atoms with Crippen LogP contribution in [0, 0.1) is 0 Å². The molecule has 3 rings (SSSR count). The van der Waals surface area contributed by atoms with Crippen LogP contribution < -0.4 is 9.47 Å². The Morgan fingerprint density at radius 1 is 0.368 bits per heavy atom. The summed E-state index contributed by atoms with van der Waals surface area (Å²) < 4.78 is 12.9. The van der Waals surface area contributed by atoms with Gasteiger partial charge in [-0.25, -0.2) is 0 Å². The Balaban J connectivity index is 1.52. The zero-order valence-electron chi connectivity index (χ0n) is 23.5. The molecule has 0 saturated carbocycles. The molecule has 0 fully saturated rings. The highest BCUT2D eigenvalue weighted by Crippen LogP contribution is 2.42. The molecule has 0 unspecified atom stereocenters. The van der Waals surface area contributed by atoms with Gasteiger partial charge in [0.2, 0.25) is 0 Å². The van der Waals surface area contributed by atoms with Crippen LogP contribution in [0.5, 0.6) is 11.5 Å². The van der Waals surface area contributed by atoms with Crippen molar-refractivity contribution in [2.75, 3.05) is 26.4 Å². The van der Waals surface area contributed by atoms with Gasteiger partial charge in [0.1, 0.15) is 11.5 Å². The van der Waals surface area contributed by atoms with Gasteiger partial charge in [0, 0.05) is 34.8 Å². The van der Waals surface area contributed by atoms with Gasteiger partial charge >= 0.3 is 0 Å². The quantitative estimate of drug-likeness (QED) is 0.102. The zero-order chi connectivity index (χ0) is 26.7. The van der Waals surface area contributed by atoms with Crippen molar-refractivity contribution in [3.8, 4) is 11.5 Å². The van der Waals surface area contributed by atoms with E-state index in [4.69, 9.17) is 19.7 Å². The fraction of sp³-hybridized carbons (Fsp3) is 0.588. The molecule has 0 saturated heterocycles. The van der Waals surface area contributed by atoms with Crippen molar-refractivity contribution in [2.45, 2.75) is 103 Å². The number of unbranched alkanes of at least 4 members (excludes halogenated alkanes) is 14. The van der Waals surface area contributed by atoms with Crippen LogP contribution in [0.1, 0.15) is 103 Å². The SMILES string of the molecule is OCCCCCCCCCCOc1c2ccccc2c(OCCCCCCCCCCO)c2ccccc12. The summed E-state index contributed by atoms with van der Waals surface area (Å²) in [5.74, 6) is 1.96. The number of hydrogen-bond acceptors (Lipinski definition) is 4. The van der Waals surface area contributed by atoms with Gasteiger partial charge in [0.25, 0.3) is 0 Å². The molecule has 0 radical (unpaired) electrons. The fourth-order valence-corrected chi connectivity index (χ4v) is 5.26. The maximum atomic E-state index is 8.88. The van der Waals surface area contributed by atoms with E-state index in [0.717, 1.165) is 84.8 Å². The third-order valence-electron chi connectivity index (χ3n) is 7.43. The van der Waals surface area contributed by atoms with E-state index in [1.807, 2.05) is 0 Å². The molecule has 2 N–H and O–H groups in total. The molecule has 4 nitrogen and oxygen atoms in total. The Morgan fingerprint density at radius 2 is 0.632 bits per heavy atom. The Bertz CT molecular complexity index is 893. The summed E-state index contributed by atoms with van der Waals surface area (Å²) in [6.45, 7) is 2.11. The van der Waals surface area contributed by atoms with E-state index >= 15 is 0 Å². The molecule has 0 aromatic heterocycles. The molecule has 4 heteroatoms. The molecule has 38 heavy (non-hydrogen) atoms. The molecule has 0 bridgehead atoms. The first-order chi connectivity index (χ1) is 18.9. The number of fused-ring (bicyclic) bond motifs is 2. The topological polar surface area (TPSA) is 58.9 Å². The molecule has 0 spiro atoms. The summed E-state index contributed by atoms with van der Waals surface area (Å²) >= 11 is 0. The van der Waals surface area contributed by atoms with E-state index in [0.29, 0.717) is 13.2 Å². The first-order valence-electron chi connectivity index (χ1n) is 15.3. The van der Waals surface area contributed by atoms with Gasteiger partial charge in [-0.2, -0.15) is 0 Å². The highest BCUT2D eigenvalue weighted by atomic mass is 16.5. The summed E-state index contributed by atoms with van der Waals surface area (Å²) in [4.78, 5) is 0. The summed E-state index contributed by atoms with van der Waals surface area (Å²) in [5, 5.41) is 22.3. The molecule has 0 aliphatic carbocycles. The van der Waals surface area contributed by atoms with E-state index in [-0.39, 0.29) is 0 Å². The van der Waals surface area contributed by atoms with Crippen molar-refractivity contribution in [1.29, 1.82) is 0 Å². The number of aliphatic hydroxyl groups excluding tert-OH is 2. The van der Waals surface area contributed by atoms with Gasteiger partial charge in [0.05, 0.1) is 13.2 Å². The molecular formula is C34H50O4.